The number of phenolic OH excluding ortho intramolecular Hbond substituents is 1. The second kappa shape index (κ2) is 29.9. The molecule has 1 amide bonds. The lowest BCUT2D eigenvalue weighted by Crippen LogP contribution is -2.68. The molecule has 20 N–H and O–H groups in total. The number of likely N-dealkylation sites (tertiary alicyclic amines) is 1. The van der Waals surface area contributed by atoms with Crippen molar-refractivity contribution in [3.63, 3.8) is 0 Å². The summed E-state index contributed by atoms with van der Waals surface area (Å²) >= 11 is 0. The Labute approximate surface area is 541 Å². The highest BCUT2D eigenvalue weighted by Crippen LogP contribution is 2.50. The number of methoxy groups -OCH3 is 1. The molecule has 6 aliphatic heterocycles. The van der Waals surface area contributed by atoms with Gasteiger partial charge in [-0.3, -0.25) is 24.2 Å². The van der Waals surface area contributed by atoms with Crippen molar-refractivity contribution in [3.8, 4) is 11.5 Å². The number of Topliss-reactive ketones (excluding diaryl/α,β-unsaturated/α-hetero) is 2. The van der Waals surface area contributed by atoms with Gasteiger partial charge >= 0.3 is 11.8 Å². The Kier molecular flexibility index (Phi) is 23.6. The summed E-state index contributed by atoms with van der Waals surface area (Å²) in [5, 5.41) is 91.8. The number of nitrogens with one attached hydrogen (secondary N) is 2. The number of carbonyl (C=O) groups excluding carboxylic acids is 4. The van der Waals surface area contributed by atoms with E-state index in [0.717, 1.165) is 19.6 Å². The number of aliphatic hydroxyl groups is 7. The van der Waals surface area contributed by atoms with E-state index >= 15 is 0 Å². The van der Waals surface area contributed by atoms with Crippen LogP contribution in [0.4, 0.5) is 0 Å². The zero-order valence-electron chi connectivity index (χ0n) is 54.8. The van der Waals surface area contributed by atoms with Gasteiger partial charge in [0.2, 0.25) is 5.78 Å². The topological polar surface area (TPSA) is 474 Å². The molecular formula is C64H99N9O20. The van der Waals surface area contributed by atoms with Crippen molar-refractivity contribution in [1.29, 1.82) is 0 Å². The van der Waals surface area contributed by atoms with Gasteiger partial charge < -0.3 is 123 Å². The number of aliphatic hydroxyl groups excluding tert-OH is 7. The number of ether oxygens (including phenoxy) is 8. The molecule has 0 aromatic heterocycles. The minimum Gasteiger partial charge on any atom is -0.507 e. The Morgan fingerprint density at radius 3 is 2.03 bits per heavy atom. The summed E-state index contributed by atoms with van der Waals surface area (Å²) in [5.41, 5.74) is 29.6. The number of piperidine rings is 1. The highest BCUT2D eigenvalue weighted by molar-refractivity contribution is 6.34. The van der Waals surface area contributed by atoms with Gasteiger partial charge in [0.1, 0.15) is 65.6 Å². The van der Waals surface area contributed by atoms with E-state index in [2.05, 4.69) is 29.4 Å². The van der Waals surface area contributed by atoms with Crippen molar-refractivity contribution >= 4 is 29.2 Å². The summed E-state index contributed by atoms with van der Waals surface area (Å²) < 4.78 is 46.7. The number of nitrogens with zero attached hydrogens (tertiary/aromatic N) is 2. The van der Waals surface area contributed by atoms with Crippen LogP contribution < -0.4 is 44.0 Å². The summed E-state index contributed by atoms with van der Waals surface area (Å²) in [5.74, 6) is -6.78. The summed E-state index contributed by atoms with van der Waals surface area (Å²) in [6.45, 7) is 19.0. The molecule has 520 valence electrons. The van der Waals surface area contributed by atoms with Crippen LogP contribution >= 0.6 is 0 Å². The lowest BCUT2D eigenvalue weighted by Gasteiger charge is -2.47. The molecule has 29 nitrogen and oxygen atoms in total. The zero-order chi connectivity index (χ0) is 68.6. The highest BCUT2D eigenvalue weighted by atomic mass is 16.7. The maximum atomic E-state index is 14.7. The van der Waals surface area contributed by atoms with Gasteiger partial charge in [0.25, 0.3) is 11.7 Å². The number of benzene rings is 1. The number of aliphatic imine (C=N–C) groups is 1. The van der Waals surface area contributed by atoms with Crippen LogP contribution in [0.3, 0.4) is 0 Å². The van der Waals surface area contributed by atoms with E-state index in [1.54, 1.807) is 58.9 Å². The molecule has 9 rings (SSSR count). The van der Waals surface area contributed by atoms with E-state index in [4.69, 9.17) is 71.6 Å². The number of rotatable bonds is 10. The number of fused-ring (bicyclic) bond motifs is 3. The van der Waals surface area contributed by atoms with E-state index in [9.17, 15) is 60.0 Å². The molecule has 1 spiro atoms. The third-order valence-corrected chi connectivity index (χ3v) is 19.4. The number of allylic oxidation sites excluding steroid dienone is 4. The number of phenols is 1. The lowest BCUT2D eigenvalue weighted by atomic mass is 9.78. The van der Waals surface area contributed by atoms with Crippen LogP contribution in [-0.4, -0.2) is 236 Å². The standard InChI is InChI=1S/C46H62N4O11.C18H37N5O9/c1-22(2)21-50-18-16-46(17-19-50)48-34-31-32-39(54)28(8)42-33(31)43(56)45(10,61-42)59-20-15-30(58-11)25(5)41(60-29(9)51)27(7)38(53)26(6)37(52)23(3)13-12-14-24(4)44(57)47-36(40(32)55)35(34)49-46;19-3-9-8(25)2-7(22)17(29-9)31-15-5(20)1-6(21)16(14(15)28)32-18-13(27)11(23)12(26)10(4-24)30-18/h12-15,20,22-23,25-27,30,37-38,41,49,52-54H,16-19,21H2,1-11H3,(H,47,57);5-18,24-28H,1-4,19-23H2/b13-12-,20-15-,24-14-;/t23-,25-,26+,27+,30-,37-,38+,41-,45+;5-,6+,7+,8-,9+,10+,11-,12+,13+,14-,15+,16-,17+,18+/m10/s1. The molecule has 1 aromatic carbocycles. The number of nitrogens with two attached hydrogens (primary N) is 5. The van der Waals surface area contributed by atoms with Crippen LogP contribution in [0, 0.1) is 36.5 Å². The van der Waals surface area contributed by atoms with Gasteiger partial charge in [-0.05, 0) is 38.7 Å². The van der Waals surface area contributed by atoms with Crippen molar-refractivity contribution < 1.29 is 97.9 Å². The molecular weight excluding hydrogens is 1210 g/mol. The van der Waals surface area contributed by atoms with E-state index in [1.807, 2.05) is 0 Å². The molecule has 0 unspecified atom stereocenters. The first-order chi connectivity index (χ1) is 43.7. The number of hydrogen-bond acceptors (Lipinski definition) is 28. The number of hydrogen-bond donors (Lipinski definition) is 15. The minimum atomic E-state index is -1.97. The van der Waals surface area contributed by atoms with Crippen molar-refractivity contribution in [1.82, 2.24) is 15.5 Å². The number of aromatic hydroxyl groups is 1. The molecule has 29 heteroatoms. The normalized spacial score (nSPS) is 40.3. The number of carbonyl (C=O) groups is 4. The quantitative estimate of drug-likeness (QED) is 0.116. The van der Waals surface area contributed by atoms with Crippen LogP contribution in [0.15, 0.2) is 52.5 Å². The van der Waals surface area contributed by atoms with E-state index in [1.165, 1.54) is 34.1 Å². The van der Waals surface area contributed by atoms with Crippen molar-refractivity contribution in [2.45, 2.75) is 216 Å². The fourth-order valence-electron chi connectivity index (χ4n) is 13.7. The molecule has 6 heterocycles. The first kappa shape index (κ1) is 73.4. The van der Waals surface area contributed by atoms with Crippen molar-refractivity contribution in [2.75, 3.05) is 39.9 Å². The Morgan fingerprint density at radius 1 is 0.796 bits per heavy atom. The van der Waals surface area contributed by atoms with E-state index < -0.39 is 181 Å². The van der Waals surface area contributed by atoms with Crippen molar-refractivity contribution in [2.24, 2.45) is 63.3 Å². The number of ketones is 2. The number of esters is 1. The van der Waals surface area contributed by atoms with Gasteiger partial charge in [-0.1, -0.05) is 59.8 Å². The molecule has 8 aliphatic rings. The SMILES string of the molecule is CO[C@@H]1/C=C\O[C@@]2(C)Oc3c(C)c(O)c4c(c3C2=O)C2=NC3(CCN(CC(C)C)CC3)NC2=C(NC(=O)/C(C)=C\C=C/[C@@H](C)[C@@H](O)[C@H](C)[C@H](O)[C@H](C)[C@H](OC(C)=O)[C@@H]1C)C4=O.NC[C@H]1O[C@H](O[C@H]2[C@H](O)[C@@H](O[C@H]3O[C@H](CO)[C@@H](O)[C@H](N)[C@H]3O)[C@H](N)C[C@@H]2N)[C@H](N)C[C@@H]1O. The highest BCUT2D eigenvalue weighted by Gasteiger charge is 2.56. The first-order valence-corrected chi connectivity index (χ1v) is 32.0. The minimum absolute atomic E-state index is 0.0164. The third-order valence-electron chi connectivity index (χ3n) is 19.4. The Bertz CT molecular complexity index is 3040. The summed E-state index contributed by atoms with van der Waals surface area (Å²) in [6, 6.07) is -3.27. The Balaban J connectivity index is 0.000000291. The predicted octanol–water partition coefficient (Wildman–Crippen LogP) is -1.68. The average molecular weight is 1310 g/mol. The summed E-state index contributed by atoms with van der Waals surface area (Å²) in [6.07, 6.45) is -5.71. The van der Waals surface area contributed by atoms with Gasteiger partial charge in [-0.15, -0.1) is 0 Å². The van der Waals surface area contributed by atoms with Gasteiger partial charge in [-0.25, -0.2) is 0 Å². The molecule has 3 saturated heterocycles. The molecule has 0 radical (unpaired) electrons. The summed E-state index contributed by atoms with van der Waals surface area (Å²) in [7, 11) is 1.46. The molecule has 2 aliphatic carbocycles. The molecule has 4 fully saturated rings. The van der Waals surface area contributed by atoms with Gasteiger partial charge in [0, 0.05) is 112 Å². The van der Waals surface area contributed by atoms with Gasteiger partial charge in [0.15, 0.2) is 12.6 Å². The predicted molar refractivity (Wildman–Crippen MR) is 335 cm³/mol. The van der Waals surface area contributed by atoms with Crippen LogP contribution in [0.1, 0.15) is 120 Å². The van der Waals surface area contributed by atoms with Gasteiger partial charge in [0.05, 0.1) is 78.0 Å². The van der Waals surface area contributed by atoms with Crippen LogP contribution in [0.2, 0.25) is 0 Å². The monoisotopic (exact) mass is 1310 g/mol. The molecule has 1 aromatic rings. The average Bonchev–Trinajstić information content (AvgIpc) is 1.57. The van der Waals surface area contributed by atoms with Crippen LogP contribution in [-0.2, 0) is 42.7 Å². The third kappa shape index (κ3) is 15.1. The fraction of sp³-hybridized carbons (Fsp3) is 0.703. The largest absolute Gasteiger partial charge is 0.507 e. The lowest BCUT2D eigenvalue weighted by molar-refractivity contribution is -0.314. The molecule has 1 saturated carbocycles. The second-order valence-corrected chi connectivity index (χ2v) is 26.8. The fourth-order valence-corrected chi connectivity index (χ4v) is 13.7. The van der Waals surface area contributed by atoms with Crippen LogP contribution in [0.5, 0.6) is 11.5 Å². The first-order valence-electron chi connectivity index (χ1n) is 32.0. The Hall–Kier alpha value is -5.39. The molecule has 5 bridgehead atoms. The zero-order valence-corrected chi connectivity index (χ0v) is 54.8. The maximum Gasteiger partial charge on any atom is 0.312 e. The molecule has 23 atom stereocenters. The van der Waals surface area contributed by atoms with E-state index in [-0.39, 0.29) is 70.1 Å². The smallest absolute Gasteiger partial charge is 0.312 e. The number of amides is 1. The maximum absolute atomic E-state index is 14.7. The second-order valence-electron chi connectivity index (χ2n) is 26.8. The van der Waals surface area contributed by atoms with Crippen molar-refractivity contribution in [3.05, 3.63) is 69.8 Å². The van der Waals surface area contributed by atoms with Crippen LogP contribution in [0.25, 0.3) is 0 Å². The molecule has 93 heavy (non-hydrogen) atoms. The summed E-state index contributed by atoms with van der Waals surface area (Å²) in [4.78, 5) is 63.3. The van der Waals surface area contributed by atoms with Gasteiger partial charge in [-0.2, -0.15) is 0 Å². The van der Waals surface area contributed by atoms with E-state index in [0.29, 0.717) is 18.8 Å². The Morgan fingerprint density at radius 2 is 1.43 bits per heavy atom.